The summed E-state index contributed by atoms with van der Waals surface area (Å²) in [5.74, 6) is -0.257. The van der Waals surface area contributed by atoms with Crippen molar-refractivity contribution < 1.29 is 9.53 Å². The monoisotopic (exact) mass is 164 g/mol. The summed E-state index contributed by atoms with van der Waals surface area (Å²) in [6, 6.07) is 0. The first-order chi connectivity index (χ1) is 5.53. The van der Waals surface area contributed by atoms with E-state index < -0.39 is 0 Å². The van der Waals surface area contributed by atoms with Crippen molar-refractivity contribution in [2.75, 3.05) is 0 Å². The molecule has 1 saturated heterocycles. The lowest BCUT2D eigenvalue weighted by molar-refractivity contribution is -0.141. The van der Waals surface area contributed by atoms with Crippen LogP contribution >= 0.6 is 0 Å². The molecule has 0 radical (unpaired) electrons. The largest absolute Gasteiger partial charge is 0.457 e. The van der Waals surface area contributed by atoms with E-state index in [1.165, 1.54) is 0 Å². The van der Waals surface area contributed by atoms with Gasteiger partial charge >= 0.3 is 5.97 Å². The van der Waals surface area contributed by atoms with Crippen molar-refractivity contribution in [2.45, 2.75) is 20.0 Å². The molecule has 12 heavy (non-hydrogen) atoms. The molecule has 0 saturated carbocycles. The Balaban J connectivity index is 2.51. The average Bonchev–Trinajstić information content (AvgIpc) is 2.12. The van der Waals surface area contributed by atoms with Crippen molar-refractivity contribution >= 4 is 5.97 Å². The van der Waals surface area contributed by atoms with Gasteiger partial charge in [-0.2, -0.15) is 0 Å². The Morgan fingerprint density at radius 1 is 1.58 bits per heavy atom. The van der Waals surface area contributed by atoms with Gasteiger partial charge in [0.05, 0.1) is 5.92 Å². The normalized spacial score (nSPS) is 36.8. The highest BCUT2D eigenvalue weighted by atomic mass is 16.6. The number of ether oxygens (including phenoxy) is 1. The summed E-state index contributed by atoms with van der Waals surface area (Å²) in [6.07, 6.45) is 3.76. The smallest absolute Gasteiger partial charge is 0.314 e. The molecule has 2 aliphatic rings. The fourth-order valence-corrected chi connectivity index (χ4v) is 2.04. The Morgan fingerprint density at radius 2 is 2.25 bits per heavy atom. The Kier molecular flexibility index (Phi) is 1.27. The molecule has 0 N–H and O–H groups in total. The Morgan fingerprint density at radius 3 is 2.83 bits per heavy atom. The van der Waals surface area contributed by atoms with Gasteiger partial charge in [0, 0.05) is 5.41 Å². The first-order valence-electron chi connectivity index (χ1n) is 4.11. The molecule has 1 aliphatic heterocycles. The SMILES string of the molecule is C=C1C=C[C@@H]2OC(=O)[C@H]1C2(C)C. The maximum atomic E-state index is 11.4. The van der Waals surface area contributed by atoms with Crippen molar-refractivity contribution in [3.05, 3.63) is 24.3 Å². The molecule has 1 fully saturated rings. The minimum atomic E-state index is -0.132. The zero-order valence-electron chi connectivity index (χ0n) is 7.33. The number of rotatable bonds is 0. The van der Waals surface area contributed by atoms with E-state index in [0.717, 1.165) is 5.57 Å². The highest BCUT2D eigenvalue weighted by Gasteiger charge is 2.52. The quantitative estimate of drug-likeness (QED) is 0.509. The van der Waals surface area contributed by atoms with Crippen LogP contribution in [0.5, 0.6) is 0 Å². The topological polar surface area (TPSA) is 26.3 Å². The molecule has 0 aromatic heterocycles. The van der Waals surface area contributed by atoms with E-state index >= 15 is 0 Å². The molecule has 1 heterocycles. The number of hydrogen-bond donors (Lipinski definition) is 0. The first kappa shape index (κ1) is 7.59. The summed E-state index contributed by atoms with van der Waals surface area (Å²) >= 11 is 0. The molecule has 0 aromatic carbocycles. The van der Waals surface area contributed by atoms with E-state index in [9.17, 15) is 4.79 Å². The van der Waals surface area contributed by atoms with Gasteiger partial charge in [0.1, 0.15) is 6.10 Å². The van der Waals surface area contributed by atoms with Crippen LogP contribution in [0.1, 0.15) is 13.8 Å². The summed E-state index contributed by atoms with van der Waals surface area (Å²) in [6.45, 7) is 7.94. The molecule has 2 heteroatoms. The lowest BCUT2D eigenvalue weighted by Crippen LogP contribution is -2.32. The van der Waals surface area contributed by atoms with Gasteiger partial charge in [0.2, 0.25) is 0 Å². The number of esters is 1. The second kappa shape index (κ2) is 2.00. The second-order valence-corrected chi connectivity index (χ2v) is 4.05. The van der Waals surface area contributed by atoms with Crippen molar-refractivity contribution in [2.24, 2.45) is 11.3 Å². The van der Waals surface area contributed by atoms with Crippen LogP contribution in [0.2, 0.25) is 0 Å². The Labute approximate surface area is 71.9 Å². The second-order valence-electron chi connectivity index (χ2n) is 4.05. The van der Waals surface area contributed by atoms with Gasteiger partial charge in [0.15, 0.2) is 0 Å². The van der Waals surface area contributed by atoms with E-state index in [1.54, 1.807) is 0 Å². The van der Waals surface area contributed by atoms with E-state index in [-0.39, 0.29) is 23.4 Å². The third-order valence-corrected chi connectivity index (χ3v) is 2.81. The van der Waals surface area contributed by atoms with Crippen molar-refractivity contribution in [3.63, 3.8) is 0 Å². The summed E-state index contributed by atoms with van der Waals surface area (Å²) in [5.41, 5.74) is 0.766. The number of hydrogen-bond acceptors (Lipinski definition) is 2. The molecule has 1 aliphatic carbocycles. The van der Waals surface area contributed by atoms with Gasteiger partial charge in [-0.3, -0.25) is 4.79 Å². The fourth-order valence-electron chi connectivity index (χ4n) is 2.04. The standard InChI is InChI=1S/C10H12O2/c1-6-4-5-7-10(2,3)8(6)9(11)12-7/h4-5,7-8H,1H2,2-3H3/t7-,8-/m0/s1. The Hall–Kier alpha value is -1.05. The highest BCUT2D eigenvalue weighted by Crippen LogP contribution is 2.47. The summed E-state index contributed by atoms with van der Waals surface area (Å²) in [7, 11) is 0. The number of fused-ring (bicyclic) bond motifs is 2. The third-order valence-electron chi connectivity index (χ3n) is 2.81. The molecule has 64 valence electrons. The maximum absolute atomic E-state index is 11.4. The summed E-state index contributed by atoms with van der Waals surface area (Å²) in [5, 5.41) is 0. The molecule has 2 nitrogen and oxygen atoms in total. The van der Waals surface area contributed by atoms with Gasteiger partial charge in [0.25, 0.3) is 0 Å². The number of carbonyl (C=O) groups is 1. The summed E-state index contributed by atoms with van der Waals surface area (Å²) in [4.78, 5) is 11.4. The Bertz CT molecular complexity index is 286. The number of carbonyl (C=O) groups excluding carboxylic acids is 1. The molecular weight excluding hydrogens is 152 g/mol. The van der Waals surface area contributed by atoms with Crippen LogP contribution in [-0.4, -0.2) is 12.1 Å². The zero-order chi connectivity index (χ0) is 8.93. The lowest BCUT2D eigenvalue weighted by Gasteiger charge is -2.30. The third kappa shape index (κ3) is 0.724. The number of allylic oxidation sites excluding steroid dienone is 1. The van der Waals surface area contributed by atoms with Gasteiger partial charge in [-0.15, -0.1) is 0 Å². The molecule has 0 amide bonds. The van der Waals surface area contributed by atoms with Crippen molar-refractivity contribution in [1.29, 1.82) is 0 Å². The minimum Gasteiger partial charge on any atom is -0.457 e. The van der Waals surface area contributed by atoms with Crippen molar-refractivity contribution in [1.82, 2.24) is 0 Å². The molecule has 2 rings (SSSR count). The van der Waals surface area contributed by atoms with E-state index in [1.807, 2.05) is 26.0 Å². The van der Waals surface area contributed by atoms with Crippen LogP contribution in [-0.2, 0) is 9.53 Å². The van der Waals surface area contributed by atoms with Gasteiger partial charge < -0.3 is 4.74 Å². The van der Waals surface area contributed by atoms with Crippen LogP contribution < -0.4 is 0 Å². The molecule has 0 unspecified atom stereocenters. The van der Waals surface area contributed by atoms with Crippen LogP contribution in [0.4, 0.5) is 0 Å². The van der Waals surface area contributed by atoms with Gasteiger partial charge in [-0.1, -0.05) is 26.5 Å². The molecule has 0 spiro atoms. The van der Waals surface area contributed by atoms with Crippen LogP contribution in [0, 0.1) is 11.3 Å². The first-order valence-corrected chi connectivity index (χ1v) is 4.11. The zero-order valence-corrected chi connectivity index (χ0v) is 7.33. The van der Waals surface area contributed by atoms with Crippen molar-refractivity contribution in [3.8, 4) is 0 Å². The van der Waals surface area contributed by atoms with Crippen LogP contribution in [0.3, 0.4) is 0 Å². The predicted molar refractivity (Wildman–Crippen MR) is 45.4 cm³/mol. The van der Waals surface area contributed by atoms with Gasteiger partial charge in [-0.25, -0.2) is 0 Å². The molecule has 0 aromatic rings. The predicted octanol–water partition coefficient (Wildman–Crippen LogP) is 1.68. The lowest BCUT2D eigenvalue weighted by atomic mass is 9.70. The molecule has 2 bridgehead atoms. The molecular formula is C10H12O2. The van der Waals surface area contributed by atoms with Crippen LogP contribution in [0.15, 0.2) is 24.3 Å². The summed E-state index contributed by atoms with van der Waals surface area (Å²) < 4.78 is 5.18. The molecule has 2 atom stereocenters. The van der Waals surface area contributed by atoms with Crippen LogP contribution in [0.25, 0.3) is 0 Å². The minimum absolute atomic E-state index is 0.0551. The van der Waals surface area contributed by atoms with E-state index in [2.05, 4.69) is 6.58 Å². The highest BCUT2D eigenvalue weighted by molar-refractivity contribution is 5.81. The van der Waals surface area contributed by atoms with E-state index in [0.29, 0.717) is 0 Å². The maximum Gasteiger partial charge on any atom is 0.314 e. The average molecular weight is 164 g/mol. The fraction of sp³-hybridized carbons (Fsp3) is 0.500. The van der Waals surface area contributed by atoms with E-state index in [4.69, 9.17) is 4.74 Å². The van der Waals surface area contributed by atoms with Gasteiger partial charge in [-0.05, 0) is 11.6 Å².